The number of rotatable bonds is 3. The van der Waals surface area contributed by atoms with E-state index in [2.05, 4.69) is 5.10 Å². The van der Waals surface area contributed by atoms with Gasteiger partial charge in [0, 0.05) is 7.05 Å². The molecule has 1 aromatic rings. The van der Waals surface area contributed by atoms with E-state index < -0.39 is 0 Å². The molecule has 1 rings (SSSR count). The molecule has 2 N–H and O–H groups in total. The molecule has 1 aromatic heterocycles. The fourth-order valence-electron chi connectivity index (χ4n) is 1.22. The summed E-state index contributed by atoms with van der Waals surface area (Å²) in [4.78, 5) is 0. The van der Waals surface area contributed by atoms with Gasteiger partial charge in [0.15, 0.2) is 0 Å². The van der Waals surface area contributed by atoms with Crippen molar-refractivity contribution >= 4 is 11.6 Å². The molecule has 0 fully saturated rings. The van der Waals surface area contributed by atoms with E-state index in [0.29, 0.717) is 6.54 Å². The van der Waals surface area contributed by atoms with Crippen molar-refractivity contribution in [3.8, 4) is 0 Å². The molecular formula is C8H14ClN3. The summed E-state index contributed by atoms with van der Waals surface area (Å²) < 4.78 is 1.83. The predicted octanol–water partition coefficient (Wildman–Crippen LogP) is 1.27. The summed E-state index contributed by atoms with van der Waals surface area (Å²) in [6, 6.07) is 0. The lowest BCUT2D eigenvalue weighted by Gasteiger charge is -2.00. The second-order valence-corrected chi connectivity index (χ2v) is 3.24. The van der Waals surface area contributed by atoms with Crippen molar-refractivity contribution in [2.45, 2.75) is 19.8 Å². The molecule has 4 heteroatoms. The summed E-state index contributed by atoms with van der Waals surface area (Å²) in [6.07, 6.45) is 1.87. The second kappa shape index (κ2) is 3.92. The van der Waals surface area contributed by atoms with E-state index in [1.807, 2.05) is 18.7 Å². The van der Waals surface area contributed by atoms with Gasteiger partial charge in [-0.05, 0) is 26.3 Å². The van der Waals surface area contributed by atoms with E-state index >= 15 is 0 Å². The average Bonchev–Trinajstić information content (AvgIpc) is 2.25. The van der Waals surface area contributed by atoms with Crippen LogP contribution in [0.2, 0.25) is 5.02 Å². The minimum absolute atomic E-state index is 0.695. The number of nitrogens with two attached hydrogens (primary N) is 1. The summed E-state index contributed by atoms with van der Waals surface area (Å²) in [7, 11) is 1.91. The van der Waals surface area contributed by atoms with Crippen LogP contribution in [0.3, 0.4) is 0 Å². The molecule has 0 aliphatic carbocycles. The Morgan fingerprint density at radius 1 is 1.58 bits per heavy atom. The molecule has 0 atom stereocenters. The van der Waals surface area contributed by atoms with Gasteiger partial charge in [0.1, 0.15) is 0 Å². The van der Waals surface area contributed by atoms with Crippen LogP contribution in [0.1, 0.15) is 17.8 Å². The monoisotopic (exact) mass is 187 g/mol. The van der Waals surface area contributed by atoms with Gasteiger partial charge in [0.25, 0.3) is 0 Å². The fourth-order valence-corrected chi connectivity index (χ4v) is 1.48. The van der Waals surface area contributed by atoms with Crippen LogP contribution in [0.25, 0.3) is 0 Å². The van der Waals surface area contributed by atoms with Crippen molar-refractivity contribution in [2.75, 3.05) is 6.54 Å². The number of nitrogens with zero attached hydrogens (tertiary/aromatic N) is 2. The van der Waals surface area contributed by atoms with Gasteiger partial charge in [0.05, 0.1) is 16.4 Å². The Bertz CT molecular complexity index is 268. The first-order chi connectivity index (χ1) is 5.66. The third kappa shape index (κ3) is 1.79. The third-order valence-corrected chi connectivity index (χ3v) is 2.37. The summed E-state index contributed by atoms with van der Waals surface area (Å²) in [5.74, 6) is 0. The maximum atomic E-state index is 6.03. The van der Waals surface area contributed by atoms with Crippen molar-refractivity contribution < 1.29 is 0 Å². The molecule has 0 aliphatic heterocycles. The molecule has 0 unspecified atom stereocenters. The minimum Gasteiger partial charge on any atom is -0.330 e. The number of aromatic nitrogens is 2. The largest absolute Gasteiger partial charge is 0.330 e. The van der Waals surface area contributed by atoms with Crippen LogP contribution in [-0.2, 0) is 13.5 Å². The molecule has 0 saturated carbocycles. The first kappa shape index (κ1) is 9.55. The van der Waals surface area contributed by atoms with E-state index in [4.69, 9.17) is 17.3 Å². The summed E-state index contributed by atoms with van der Waals surface area (Å²) >= 11 is 6.03. The molecule has 12 heavy (non-hydrogen) atoms. The molecule has 0 spiro atoms. The van der Waals surface area contributed by atoms with Crippen molar-refractivity contribution in [1.29, 1.82) is 0 Å². The Morgan fingerprint density at radius 2 is 2.25 bits per heavy atom. The highest BCUT2D eigenvalue weighted by atomic mass is 35.5. The topological polar surface area (TPSA) is 43.8 Å². The van der Waals surface area contributed by atoms with Crippen LogP contribution in [0.5, 0.6) is 0 Å². The predicted molar refractivity (Wildman–Crippen MR) is 50.3 cm³/mol. The maximum Gasteiger partial charge on any atom is 0.0846 e. The standard InChI is InChI=1S/C8H14ClN3/c1-6-8(9)7(4-3-5-10)12(2)11-6/h3-5,10H2,1-2H3. The Balaban J connectivity index is 2.82. The van der Waals surface area contributed by atoms with E-state index in [-0.39, 0.29) is 0 Å². The number of hydrogen-bond acceptors (Lipinski definition) is 2. The van der Waals surface area contributed by atoms with Crippen LogP contribution in [0.4, 0.5) is 0 Å². The maximum absolute atomic E-state index is 6.03. The Hall–Kier alpha value is -0.540. The summed E-state index contributed by atoms with van der Waals surface area (Å²) in [5, 5.41) is 4.99. The van der Waals surface area contributed by atoms with Crippen LogP contribution in [0.15, 0.2) is 0 Å². The summed E-state index contributed by atoms with van der Waals surface area (Å²) in [6.45, 7) is 2.61. The Labute approximate surface area is 77.5 Å². The van der Waals surface area contributed by atoms with Crippen LogP contribution < -0.4 is 5.73 Å². The smallest absolute Gasteiger partial charge is 0.0846 e. The minimum atomic E-state index is 0.695. The number of aryl methyl sites for hydroxylation is 2. The molecule has 68 valence electrons. The molecular weight excluding hydrogens is 174 g/mol. The Morgan fingerprint density at radius 3 is 2.67 bits per heavy atom. The van der Waals surface area contributed by atoms with E-state index in [9.17, 15) is 0 Å². The van der Waals surface area contributed by atoms with Gasteiger partial charge in [-0.25, -0.2) is 0 Å². The van der Waals surface area contributed by atoms with Gasteiger partial charge in [-0.3, -0.25) is 4.68 Å². The highest BCUT2D eigenvalue weighted by Gasteiger charge is 2.09. The number of hydrogen-bond donors (Lipinski definition) is 1. The first-order valence-corrected chi connectivity index (χ1v) is 4.42. The highest BCUT2D eigenvalue weighted by molar-refractivity contribution is 6.31. The molecule has 3 nitrogen and oxygen atoms in total. The molecule has 0 aliphatic rings. The summed E-state index contributed by atoms with van der Waals surface area (Å²) in [5.41, 5.74) is 7.39. The normalized spacial score (nSPS) is 10.7. The van der Waals surface area contributed by atoms with Crippen LogP contribution in [0, 0.1) is 6.92 Å². The molecule has 0 amide bonds. The van der Waals surface area contributed by atoms with Crippen LogP contribution in [-0.4, -0.2) is 16.3 Å². The quantitative estimate of drug-likeness (QED) is 0.775. The van der Waals surface area contributed by atoms with Crippen molar-refractivity contribution in [1.82, 2.24) is 9.78 Å². The van der Waals surface area contributed by atoms with E-state index in [1.165, 1.54) is 0 Å². The van der Waals surface area contributed by atoms with Crippen molar-refractivity contribution in [3.63, 3.8) is 0 Å². The lowest BCUT2D eigenvalue weighted by molar-refractivity contribution is 0.682. The zero-order chi connectivity index (χ0) is 9.14. The SMILES string of the molecule is Cc1nn(C)c(CCCN)c1Cl. The average molecular weight is 188 g/mol. The third-order valence-electron chi connectivity index (χ3n) is 1.88. The Kier molecular flexibility index (Phi) is 3.12. The van der Waals surface area contributed by atoms with E-state index in [0.717, 1.165) is 29.3 Å². The molecule has 0 saturated heterocycles. The van der Waals surface area contributed by atoms with Gasteiger partial charge in [0.2, 0.25) is 0 Å². The zero-order valence-corrected chi connectivity index (χ0v) is 8.23. The lowest BCUT2D eigenvalue weighted by Crippen LogP contribution is -2.04. The van der Waals surface area contributed by atoms with Crippen molar-refractivity contribution in [2.24, 2.45) is 12.8 Å². The molecule has 0 bridgehead atoms. The van der Waals surface area contributed by atoms with Gasteiger partial charge >= 0.3 is 0 Å². The zero-order valence-electron chi connectivity index (χ0n) is 7.47. The molecule has 0 radical (unpaired) electrons. The number of halogens is 1. The van der Waals surface area contributed by atoms with Gasteiger partial charge in [-0.15, -0.1) is 0 Å². The van der Waals surface area contributed by atoms with Gasteiger partial charge in [-0.1, -0.05) is 11.6 Å². The second-order valence-electron chi connectivity index (χ2n) is 2.86. The fraction of sp³-hybridized carbons (Fsp3) is 0.625. The van der Waals surface area contributed by atoms with Crippen LogP contribution >= 0.6 is 11.6 Å². The molecule has 0 aromatic carbocycles. The van der Waals surface area contributed by atoms with Gasteiger partial charge < -0.3 is 5.73 Å². The highest BCUT2D eigenvalue weighted by Crippen LogP contribution is 2.20. The van der Waals surface area contributed by atoms with E-state index in [1.54, 1.807) is 0 Å². The lowest BCUT2D eigenvalue weighted by atomic mass is 10.2. The van der Waals surface area contributed by atoms with Gasteiger partial charge in [-0.2, -0.15) is 5.10 Å². The molecule has 1 heterocycles. The van der Waals surface area contributed by atoms with Crippen molar-refractivity contribution in [3.05, 3.63) is 16.4 Å². The first-order valence-electron chi connectivity index (χ1n) is 4.05.